The molecular formula is C9H13NS. The van der Waals surface area contributed by atoms with Gasteiger partial charge in [-0.3, -0.25) is 4.99 Å². The average Bonchev–Trinajstić information content (AvgIpc) is 1.93. The Balaban J connectivity index is 2.13. The van der Waals surface area contributed by atoms with Crippen LogP contribution in [0.15, 0.2) is 29.3 Å². The molecule has 0 N–H and O–H groups in total. The van der Waals surface area contributed by atoms with E-state index in [1.807, 2.05) is 49.2 Å². The third-order valence-electron chi connectivity index (χ3n) is 1.42. The standard InChI is InChI=1S/C9H13NS/c1-2-3-4-5-6-10-9-7-11-8-9/h2-6,9H,7-8H2,1H3/b3-2-,5-4-,10-6?. The zero-order valence-corrected chi connectivity index (χ0v) is 7.55. The molecule has 2 heteroatoms. The summed E-state index contributed by atoms with van der Waals surface area (Å²) in [6, 6.07) is 0.593. The van der Waals surface area contributed by atoms with Crippen LogP contribution in [0.3, 0.4) is 0 Å². The fraction of sp³-hybridized carbons (Fsp3) is 0.444. The molecule has 0 aromatic rings. The molecule has 0 unspecified atom stereocenters. The first-order valence-corrected chi connectivity index (χ1v) is 4.98. The highest BCUT2D eigenvalue weighted by Gasteiger charge is 2.14. The van der Waals surface area contributed by atoms with E-state index >= 15 is 0 Å². The van der Waals surface area contributed by atoms with E-state index in [0.717, 1.165) is 0 Å². The second-order valence-electron chi connectivity index (χ2n) is 2.40. The topological polar surface area (TPSA) is 12.4 Å². The first-order valence-electron chi connectivity index (χ1n) is 3.82. The number of hydrogen-bond donors (Lipinski definition) is 0. The van der Waals surface area contributed by atoms with Gasteiger partial charge in [-0.2, -0.15) is 11.8 Å². The van der Waals surface area contributed by atoms with E-state index in [2.05, 4.69) is 4.99 Å². The summed E-state index contributed by atoms with van der Waals surface area (Å²) >= 11 is 1.96. The van der Waals surface area contributed by atoms with Crippen LogP contribution in [0, 0.1) is 0 Å². The molecule has 0 aromatic heterocycles. The number of nitrogens with zero attached hydrogens (tertiary/aromatic N) is 1. The number of thioether (sulfide) groups is 1. The van der Waals surface area contributed by atoms with E-state index < -0.39 is 0 Å². The van der Waals surface area contributed by atoms with Crippen LogP contribution in [-0.2, 0) is 0 Å². The highest BCUT2D eigenvalue weighted by molar-refractivity contribution is 8.00. The monoisotopic (exact) mass is 167 g/mol. The number of allylic oxidation sites excluding steroid dienone is 4. The molecule has 0 saturated carbocycles. The normalized spacial score (nSPS) is 20.5. The van der Waals surface area contributed by atoms with Crippen LogP contribution in [0.2, 0.25) is 0 Å². The molecule has 1 nitrogen and oxygen atoms in total. The predicted octanol–water partition coefficient (Wildman–Crippen LogP) is 2.30. The van der Waals surface area contributed by atoms with Crippen LogP contribution in [0.5, 0.6) is 0 Å². The average molecular weight is 167 g/mol. The maximum absolute atomic E-state index is 4.33. The van der Waals surface area contributed by atoms with Gasteiger partial charge in [0.15, 0.2) is 0 Å². The van der Waals surface area contributed by atoms with E-state index in [-0.39, 0.29) is 0 Å². The summed E-state index contributed by atoms with van der Waals surface area (Å²) in [6.45, 7) is 2.00. The Hall–Kier alpha value is -0.500. The summed E-state index contributed by atoms with van der Waals surface area (Å²) in [5.41, 5.74) is 0. The van der Waals surface area contributed by atoms with Gasteiger partial charge in [-0.25, -0.2) is 0 Å². The van der Waals surface area contributed by atoms with Crippen molar-refractivity contribution in [2.24, 2.45) is 4.99 Å². The van der Waals surface area contributed by atoms with Gasteiger partial charge in [0.05, 0.1) is 6.04 Å². The van der Waals surface area contributed by atoms with Crippen molar-refractivity contribution in [1.29, 1.82) is 0 Å². The molecule has 0 amide bonds. The van der Waals surface area contributed by atoms with Gasteiger partial charge in [0, 0.05) is 17.7 Å². The summed E-state index contributed by atoms with van der Waals surface area (Å²) in [4.78, 5) is 4.33. The van der Waals surface area contributed by atoms with Crippen molar-refractivity contribution in [2.75, 3.05) is 11.5 Å². The highest BCUT2D eigenvalue weighted by atomic mass is 32.2. The summed E-state index contributed by atoms with van der Waals surface area (Å²) in [7, 11) is 0. The van der Waals surface area contributed by atoms with Crippen LogP contribution >= 0.6 is 11.8 Å². The minimum Gasteiger partial charge on any atom is -0.288 e. The Bertz CT molecular complexity index is 178. The van der Waals surface area contributed by atoms with Crippen LogP contribution < -0.4 is 0 Å². The predicted molar refractivity (Wildman–Crippen MR) is 53.6 cm³/mol. The van der Waals surface area contributed by atoms with Gasteiger partial charge in [0.1, 0.15) is 0 Å². The number of rotatable bonds is 3. The molecule has 1 aliphatic rings. The zero-order valence-electron chi connectivity index (χ0n) is 6.73. The van der Waals surface area contributed by atoms with Crippen molar-refractivity contribution in [1.82, 2.24) is 0 Å². The fourth-order valence-corrected chi connectivity index (χ4v) is 1.32. The van der Waals surface area contributed by atoms with Gasteiger partial charge in [-0.1, -0.05) is 18.2 Å². The van der Waals surface area contributed by atoms with Crippen molar-refractivity contribution in [3.05, 3.63) is 24.3 Å². The minimum absolute atomic E-state index is 0.593. The maximum Gasteiger partial charge on any atom is 0.0680 e. The van der Waals surface area contributed by atoms with E-state index in [1.54, 1.807) is 0 Å². The zero-order chi connectivity index (χ0) is 7.94. The van der Waals surface area contributed by atoms with Gasteiger partial charge < -0.3 is 0 Å². The highest BCUT2D eigenvalue weighted by Crippen LogP contribution is 2.19. The SMILES string of the molecule is C/C=C\C=C/C=NC1CSC1. The Kier molecular flexibility index (Phi) is 4.06. The summed E-state index contributed by atoms with van der Waals surface area (Å²) in [5, 5.41) is 0. The molecule has 0 spiro atoms. The Morgan fingerprint density at radius 1 is 1.27 bits per heavy atom. The Morgan fingerprint density at radius 3 is 2.64 bits per heavy atom. The molecule has 1 fully saturated rings. The molecule has 1 rings (SSSR count). The van der Waals surface area contributed by atoms with Gasteiger partial charge in [0.25, 0.3) is 0 Å². The molecule has 60 valence electrons. The van der Waals surface area contributed by atoms with Crippen LogP contribution in [0.1, 0.15) is 6.92 Å². The van der Waals surface area contributed by atoms with Crippen LogP contribution in [0.4, 0.5) is 0 Å². The summed E-state index contributed by atoms with van der Waals surface area (Å²) in [6.07, 6.45) is 9.87. The van der Waals surface area contributed by atoms with Crippen molar-refractivity contribution in [2.45, 2.75) is 13.0 Å². The van der Waals surface area contributed by atoms with Gasteiger partial charge in [-0.05, 0) is 13.0 Å². The first-order chi connectivity index (χ1) is 5.43. The quantitative estimate of drug-likeness (QED) is 0.464. The molecule has 1 aliphatic heterocycles. The molecule has 0 atom stereocenters. The number of hydrogen-bond acceptors (Lipinski definition) is 2. The fourth-order valence-electron chi connectivity index (χ4n) is 0.706. The van der Waals surface area contributed by atoms with E-state index in [0.29, 0.717) is 6.04 Å². The number of aliphatic imine (C=N–C) groups is 1. The van der Waals surface area contributed by atoms with E-state index in [1.165, 1.54) is 11.5 Å². The molecular weight excluding hydrogens is 154 g/mol. The van der Waals surface area contributed by atoms with Crippen LogP contribution in [0.25, 0.3) is 0 Å². The van der Waals surface area contributed by atoms with E-state index in [4.69, 9.17) is 0 Å². The lowest BCUT2D eigenvalue weighted by Crippen LogP contribution is -2.21. The lowest BCUT2D eigenvalue weighted by Gasteiger charge is -2.19. The van der Waals surface area contributed by atoms with Gasteiger partial charge >= 0.3 is 0 Å². The van der Waals surface area contributed by atoms with Gasteiger partial charge in [0.2, 0.25) is 0 Å². The van der Waals surface area contributed by atoms with Crippen LogP contribution in [-0.4, -0.2) is 23.8 Å². The van der Waals surface area contributed by atoms with Gasteiger partial charge in [-0.15, -0.1) is 0 Å². The second kappa shape index (κ2) is 5.19. The third kappa shape index (κ3) is 3.42. The Labute approximate surface area is 72.3 Å². The summed E-state index contributed by atoms with van der Waals surface area (Å²) < 4.78 is 0. The second-order valence-corrected chi connectivity index (χ2v) is 3.48. The lowest BCUT2D eigenvalue weighted by atomic mass is 10.4. The molecule has 0 bridgehead atoms. The molecule has 1 saturated heterocycles. The van der Waals surface area contributed by atoms with Crippen molar-refractivity contribution < 1.29 is 0 Å². The molecule has 0 aromatic carbocycles. The van der Waals surface area contributed by atoms with Crippen molar-refractivity contribution >= 4 is 18.0 Å². The third-order valence-corrected chi connectivity index (χ3v) is 2.66. The maximum atomic E-state index is 4.33. The first kappa shape index (κ1) is 8.60. The molecule has 1 heterocycles. The van der Waals surface area contributed by atoms with Crippen molar-refractivity contribution in [3.63, 3.8) is 0 Å². The lowest BCUT2D eigenvalue weighted by molar-refractivity contribution is 0.827. The van der Waals surface area contributed by atoms with Crippen molar-refractivity contribution in [3.8, 4) is 0 Å². The molecule has 0 aliphatic carbocycles. The smallest absolute Gasteiger partial charge is 0.0680 e. The molecule has 0 radical (unpaired) electrons. The Morgan fingerprint density at radius 2 is 2.09 bits per heavy atom. The largest absolute Gasteiger partial charge is 0.288 e. The minimum atomic E-state index is 0.593. The van der Waals surface area contributed by atoms with E-state index in [9.17, 15) is 0 Å². The summed E-state index contributed by atoms with van der Waals surface area (Å²) in [5.74, 6) is 2.40. The molecule has 11 heavy (non-hydrogen) atoms.